The Bertz CT molecular complexity index is 30.5. The minimum absolute atomic E-state index is 0. The van der Waals surface area contributed by atoms with Crippen molar-refractivity contribution in [3.8, 4) is 0 Å². The van der Waals surface area contributed by atoms with E-state index < -0.39 is 5.09 Å². The van der Waals surface area contributed by atoms with E-state index in [1.807, 2.05) is 0 Å². The molecule has 0 saturated carbocycles. The van der Waals surface area contributed by atoms with Gasteiger partial charge in [0.2, 0.25) is 0 Å². The molecule has 0 rings (SSSR count). The van der Waals surface area contributed by atoms with E-state index in [-0.39, 0.29) is 35.0 Å². The van der Waals surface area contributed by atoms with Gasteiger partial charge in [-0.3, -0.25) is 0 Å². The van der Waals surface area contributed by atoms with E-state index in [4.69, 9.17) is 15.3 Å². The summed E-state index contributed by atoms with van der Waals surface area (Å²) < 4.78 is 0. The maximum Gasteiger partial charge on any atom is 1.00 e. The van der Waals surface area contributed by atoms with E-state index in [0.717, 1.165) is 0 Å². The minimum Gasteiger partial charge on any atom is -0.412 e. The summed E-state index contributed by atoms with van der Waals surface area (Å²) in [5.74, 6) is 0. The van der Waals surface area contributed by atoms with Gasteiger partial charge in [0.25, 0.3) is 0 Å². The average molecular weight is 103 g/mol. The summed E-state index contributed by atoms with van der Waals surface area (Å²) in [6.07, 6.45) is 0. The molecule has 2 N–H and O–H groups in total. The van der Waals surface area contributed by atoms with Crippen LogP contribution in [-0.2, 0) is 0 Å². The SMILES string of the molecule is O.O=[N+]([O-])[O-].[Na+]. The van der Waals surface area contributed by atoms with Gasteiger partial charge in [0.1, 0.15) is 0 Å². The molecule has 0 spiro atoms. The summed E-state index contributed by atoms with van der Waals surface area (Å²) in [6.45, 7) is 0. The van der Waals surface area contributed by atoms with Gasteiger partial charge < -0.3 is 20.8 Å². The van der Waals surface area contributed by atoms with E-state index >= 15 is 0 Å². The van der Waals surface area contributed by atoms with Gasteiger partial charge in [-0.1, -0.05) is 0 Å². The van der Waals surface area contributed by atoms with Crippen LogP contribution < -0.4 is 29.6 Å². The summed E-state index contributed by atoms with van der Waals surface area (Å²) >= 11 is 0. The second kappa shape index (κ2) is 8.94. The van der Waals surface area contributed by atoms with E-state index in [1.165, 1.54) is 0 Å². The topological polar surface area (TPSA) is 97.7 Å². The predicted octanol–water partition coefficient (Wildman–Crippen LogP) is -4.06. The first-order valence-corrected chi connectivity index (χ1v) is 0.548. The van der Waals surface area contributed by atoms with E-state index in [0.29, 0.717) is 0 Å². The molecule has 0 fully saturated rings. The molecular formula is H2NNaO4. The molecule has 0 aliphatic rings. The van der Waals surface area contributed by atoms with Crippen molar-refractivity contribution in [3.05, 3.63) is 15.3 Å². The Balaban J connectivity index is -0.0000000450. The molecule has 0 atom stereocenters. The summed E-state index contributed by atoms with van der Waals surface area (Å²) in [4.78, 5) is 8.25. The monoisotopic (exact) mass is 103 g/mol. The molecular weight excluding hydrogens is 101 g/mol. The average Bonchev–Trinajstić information content (AvgIpc) is 0.811. The van der Waals surface area contributed by atoms with Crippen LogP contribution in [0.5, 0.6) is 0 Å². The van der Waals surface area contributed by atoms with Gasteiger partial charge in [0.15, 0.2) is 0 Å². The predicted molar refractivity (Wildman–Crippen MR) is 14.0 cm³/mol. The van der Waals surface area contributed by atoms with Crippen LogP contribution in [0.1, 0.15) is 0 Å². The molecule has 0 aromatic rings. The van der Waals surface area contributed by atoms with Gasteiger partial charge in [0, 0.05) is 0 Å². The maximum atomic E-state index is 8.25. The van der Waals surface area contributed by atoms with Gasteiger partial charge in [-0.15, -0.1) is 0 Å². The van der Waals surface area contributed by atoms with Crippen LogP contribution in [0.25, 0.3) is 0 Å². The maximum absolute atomic E-state index is 8.25. The molecule has 0 unspecified atom stereocenters. The third-order valence-electron chi connectivity index (χ3n) is 0. The smallest absolute Gasteiger partial charge is 0.412 e. The molecule has 0 amide bonds. The van der Waals surface area contributed by atoms with Crippen molar-refractivity contribution in [1.29, 1.82) is 0 Å². The Hall–Kier alpha value is 0.160. The van der Waals surface area contributed by atoms with Crippen molar-refractivity contribution < 1.29 is 40.1 Å². The van der Waals surface area contributed by atoms with Gasteiger partial charge in [0.05, 0.1) is 5.09 Å². The zero-order chi connectivity index (χ0) is 3.58. The zero-order valence-electron chi connectivity index (χ0n) is 3.17. The summed E-state index contributed by atoms with van der Waals surface area (Å²) in [7, 11) is 0. The first kappa shape index (κ1) is 16.4. The molecule has 5 nitrogen and oxygen atoms in total. The van der Waals surface area contributed by atoms with Crippen molar-refractivity contribution >= 4 is 0 Å². The molecule has 0 aliphatic carbocycles. The zero-order valence-corrected chi connectivity index (χ0v) is 5.17. The molecule has 0 saturated heterocycles. The van der Waals surface area contributed by atoms with Crippen LogP contribution in [0.3, 0.4) is 0 Å². The van der Waals surface area contributed by atoms with E-state index in [1.54, 1.807) is 0 Å². The molecule has 0 aliphatic heterocycles. The Morgan fingerprint density at radius 3 is 1.33 bits per heavy atom. The molecule has 0 bridgehead atoms. The van der Waals surface area contributed by atoms with Gasteiger partial charge in [-0.2, -0.15) is 0 Å². The normalized spacial score (nSPS) is 4.00. The fourth-order valence-corrected chi connectivity index (χ4v) is 0. The number of nitrogens with zero attached hydrogens (tertiary/aromatic N) is 1. The van der Waals surface area contributed by atoms with Crippen LogP contribution >= 0.6 is 0 Å². The number of hydrogen-bond acceptors (Lipinski definition) is 3. The summed E-state index contributed by atoms with van der Waals surface area (Å²) in [5, 5.41) is 14.8. The molecule has 0 aromatic carbocycles. The quantitative estimate of drug-likeness (QED) is 0.177. The molecule has 0 aromatic heterocycles. The number of hydrogen-bond donors (Lipinski definition) is 0. The van der Waals surface area contributed by atoms with Gasteiger partial charge >= 0.3 is 29.6 Å². The van der Waals surface area contributed by atoms with Crippen molar-refractivity contribution in [3.63, 3.8) is 0 Å². The Labute approximate surface area is 55.7 Å². The van der Waals surface area contributed by atoms with Gasteiger partial charge in [-0.25, -0.2) is 0 Å². The molecule has 32 valence electrons. The summed E-state index contributed by atoms with van der Waals surface area (Å²) in [6, 6.07) is 0. The fourth-order valence-electron chi connectivity index (χ4n) is 0. The summed E-state index contributed by atoms with van der Waals surface area (Å²) in [5.41, 5.74) is 0. The van der Waals surface area contributed by atoms with Crippen LogP contribution in [0.4, 0.5) is 0 Å². The largest absolute Gasteiger partial charge is 1.00 e. The third-order valence-corrected chi connectivity index (χ3v) is 0. The fraction of sp³-hybridized carbons (Fsp3) is 0. The van der Waals surface area contributed by atoms with Gasteiger partial charge in [-0.05, 0) is 0 Å². The second-order valence-corrected chi connectivity index (χ2v) is 0.224. The third kappa shape index (κ3) is 1620. The first-order valence-electron chi connectivity index (χ1n) is 0.548. The van der Waals surface area contributed by atoms with Crippen molar-refractivity contribution in [2.24, 2.45) is 0 Å². The molecule has 6 heteroatoms. The second-order valence-electron chi connectivity index (χ2n) is 0.224. The van der Waals surface area contributed by atoms with Crippen LogP contribution in [0.15, 0.2) is 0 Å². The Morgan fingerprint density at radius 1 is 1.33 bits per heavy atom. The van der Waals surface area contributed by atoms with E-state index in [9.17, 15) is 0 Å². The van der Waals surface area contributed by atoms with Crippen molar-refractivity contribution in [1.82, 2.24) is 0 Å². The van der Waals surface area contributed by atoms with Crippen LogP contribution in [0, 0.1) is 15.3 Å². The van der Waals surface area contributed by atoms with Crippen molar-refractivity contribution in [2.45, 2.75) is 0 Å². The van der Waals surface area contributed by atoms with E-state index in [2.05, 4.69) is 0 Å². The Morgan fingerprint density at radius 2 is 1.33 bits per heavy atom. The van der Waals surface area contributed by atoms with Crippen LogP contribution in [0.2, 0.25) is 0 Å². The minimum atomic E-state index is -1.75. The Kier molecular flexibility index (Phi) is 24.5. The first-order chi connectivity index (χ1) is 1.73. The number of rotatable bonds is 0. The standard InChI is InChI=1S/NO3.Na.H2O/c2-1(3)4;;/h;;1H2/q-1;+1;. The molecule has 0 radical (unpaired) electrons. The van der Waals surface area contributed by atoms with Crippen LogP contribution in [-0.4, -0.2) is 10.6 Å². The molecule has 0 heterocycles. The van der Waals surface area contributed by atoms with Crippen molar-refractivity contribution in [2.75, 3.05) is 0 Å². The molecule has 6 heavy (non-hydrogen) atoms.